The zero-order valence-electron chi connectivity index (χ0n) is 11.2. The zero-order valence-corrected chi connectivity index (χ0v) is 15.0. The van der Waals surface area contributed by atoms with Crippen LogP contribution in [-0.2, 0) is 14.3 Å². The number of hydrogen-bond donors (Lipinski definition) is 1. The van der Waals surface area contributed by atoms with Gasteiger partial charge in [0.1, 0.15) is 5.76 Å². The van der Waals surface area contributed by atoms with Gasteiger partial charge in [-0.05, 0) is 74.9 Å². The zero-order chi connectivity index (χ0) is 15.9. The van der Waals surface area contributed by atoms with Gasteiger partial charge in [0.25, 0.3) is 5.91 Å². The molecule has 0 aliphatic rings. The van der Waals surface area contributed by atoms with Crippen molar-refractivity contribution in [2.75, 3.05) is 11.9 Å². The molecule has 5 nitrogen and oxygen atoms in total. The Morgan fingerprint density at radius 1 is 1.32 bits per heavy atom. The number of amides is 1. The highest BCUT2D eigenvalue weighted by Crippen LogP contribution is 2.15. The SMILES string of the molecule is O=C(COC(=O)/C=C/c1ccc(Br)o1)Nc1cccc(I)c1. The van der Waals surface area contributed by atoms with Crippen molar-refractivity contribution in [2.24, 2.45) is 0 Å². The van der Waals surface area contributed by atoms with Crippen LogP contribution in [0.4, 0.5) is 5.69 Å². The molecular formula is C15H11BrINO4. The van der Waals surface area contributed by atoms with Gasteiger partial charge in [0.05, 0.1) is 0 Å². The predicted molar refractivity (Wildman–Crippen MR) is 94.2 cm³/mol. The Morgan fingerprint density at radius 3 is 2.82 bits per heavy atom. The highest BCUT2D eigenvalue weighted by Gasteiger charge is 2.06. The molecule has 0 spiro atoms. The number of carbonyl (C=O) groups excluding carboxylic acids is 2. The highest BCUT2D eigenvalue weighted by atomic mass is 127. The summed E-state index contributed by atoms with van der Waals surface area (Å²) in [4.78, 5) is 23.2. The molecule has 0 bridgehead atoms. The molecule has 0 atom stereocenters. The average Bonchev–Trinajstić information content (AvgIpc) is 2.89. The first-order chi connectivity index (χ1) is 10.5. The first kappa shape index (κ1) is 16.8. The fourth-order valence-electron chi connectivity index (χ4n) is 1.52. The minimum absolute atomic E-state index is 0.351. The van der Waals surface area contributed by atoms with Crippen LogP contribution in [0.25, 0.3) is 6.08 Å². The molecule has 0 saturated heterocycles. The van der Waals surface area contributed by atoms with Gasteiger partial charge in [-0.2, -0.15) is 0 Å². The maximum atomic E-state index is 11.7. The summed E-state index contributed by atoms with van der Waals surface area (Å²) in [7, 11) is 0. The number of ether oxygens (including phenoxy) is 1. The number of furan rings is 1. The van der Waals surface area contributed by atoms with Crippen molar-refractivity contribution in [1.29, 1.82) is 0 Å². The molecule has 1 aromatic heterocycles. The van der Waals surface area contributed by atoms with Crippen LogP contribution in [0.1, 0.15) is 5.76 Å². The first-order valence-corrected chi connectivity index (χ1v) is 8.06. The van der Waals surface area contributed by atoms with Gasteiger partial charge in [-0.1, -0.05) is 6.07 Å². The maximum Gasteiger partial charge on any atom is 0.331 e. The molecule has 0 radical (unpaired) electrons. The van der Waals surface area contributed by atoms with Gasteiger partial charge in [0.2, 0.25) is 0 Å². The average molecular weight is 476 g/mol. The van der Waals surface area contributed by atoms with Gasteiger partial charge < -0.3 is 14.5 Å². The highest BCUT2D eigenvalue weighted by molar-refractivity contribution is 14.1. The van der Waals surface area contributed by atoms with Crippen LogP contribution in [-0.4, -0.2) is 18.5 Å². The van der Waals surface area contributed by atoms with Crippen LogP contribution < -0.4 is 5.32 Å². The van der Waals surface area contributed by atoms with E-state index in [1.165, 1.54) is 12.2 Å². The number of hydrogen-bond acceptors (Lipinski definition) is 4. The molecule has 22 heavy (non-hydrogen) atoms. The molecule has 1 heterocycles. The number of anilines is 1. The van der Waals surface area contributed by atoms with Crippen molar-refractivity contribution in [1.82, 2.24) is 0 Å². The van der Waals surface area contributed by atoms with Crippen LogP contribution in [0.15, 0.2) is 51.6 Å². The van der Waals surface area contributed by atoms with Crippen LogP contribution in [0.2, 0.25) is 0 Å². The molecule has 2 aromatic rings. The topological polar surface area (TPSA) is 68.5 Å². The standard InChI is InChI=1S/C15H11BrINO4/c16-13-6-4-12(22-13)5-7-15(20)21-9-14(19)18-11-3-1-2-10(17)8-11/h1-8H,9H2,(H,18,19)/b7-5+. The molecule has 0 saturated carbocycles. The van der Waals surface area contributed by atoms with Crippen LogP contribution in [0.5, 0.6) is 0 Å². The smallest absolute Gasteiger partial charge is 0.331 e. The molecule has 1 aromatic carbocycles. The Bertz CT molecular complexity index is 711. The fourth-order valence-corrected chi connectivity index (χ4v) is 2.38. The van der Waals surface area contributed by atoms with E-state index in [1.807, 2.05) is 18.2 Å². The number of esters is 1. The minimum atomic E-state index is -0.620. The molecule has 7 heteroatoms. The van der Waals surface area contributed by atoms with Crippen LogP contribution in [0, 0.1) is 3.57 Å². The van der Waals surface area contributed by atoms with E-state index in [0.29, 0.717) is 16.1 Å². The van der Waals surface area contributed by atoms with Crippen LogP contribution >= 0.6 is 38.5 Å². The van der Waals surface area contributed by atoms with E-state index in [-0.39, 0.29) is 6.61 Å². The molecule has 0 unspecified atom stereocenters. The van der Waals surface area contributed by atoms with Crippen molar-refractivity contribution >= 4 is 62.2 Å². The van der Waals surface area contributed by atoms with Gasteiger partial charge in [0, 0.05) is 15.3 Å². The van der Waals surface area contributed by atoms with E-state index < -0.39 is 11.9 Å². The fraction of sp³-hybridized carbons (Fsp3) is 0.0667. The minimum Gasteiger partial charge on any atom is -0.452 e. The lowest BCUT2D eigenvalue weighted by Gasteiger charge is -2.05. The molecule has 0 aliphatic heterocycles. The number of halogens is 2. The lowest BCUT2D eigenvalue weighted by molar-refractivity contribution is -0.142. The van der Waals surface area contributed by atoms with E-state index in [1.54, 1.807) is 18.2 Å². The Balaban J connectivity index is 1.78. The quantitative estimate of drug-likeness (QED) is 0.405. The van der Waals surface area contributed by atoms with Gasteiger partial charge in [0.15, 0.2) is 11.3 Å². The van der Waals surface area contributed by atoms with Crippen molar-refractivity contribution < 1.29 is 18.7 Å². The maximum absolute atomic E-state index is 11.7. The Kier molecular flexibility index (Phi) is 6.20. The molecule has 0 fully saturated rings. The molecule has 1 amide bonds. The van der Waals surface area contributed by atoms with Gasteiger partial charge in [-0.15, -0.1) is 0 Å². The summed E-state index contributed by atoms with van der Waals surface area (Å²) in [5.41, 5.74) is 0.656. The van der Waals surface area contributed by atoms with Crippen molar-refractivity contribution in [2.45, 2.75) is 0 Å². The molecule has 1 N–H and O–H groups in total. The second-order valence-corrected chi connectivity index (χ2v) is 6.17. The summed E-state index contributed by atoms with van der Waals surface area (Å²) in [6, 6.07) is 10.7. The summed E-state index contributed by atoms with van der Waals surface area (Å²) >= 11 is 5.30. The third kappa shape index (κ3) is 5.64. The Morgan fingerprint density at radius 2 is 2.14 bits per heavy atom. The van der Waals surface area contributed by atoms with Crippen molar-refractivity contribution in [3.63, 3.8) is 0 Å². The van der Waals surface area contributed by atoms with Gasteiger partial charge >= 0.3 is 5.97 Å². The van der Waals surface area contributed by atoms with Crippen molar-refractivity contribution in [3.8, 4) is 0 Å². The monoisotopic (exact) mass is 475 g/mol. The second kappa shape index (κ2) is 8.14. The summed E-state index contributed by atoms with van der Waals surface area (Å²) in [6.45, 7) is -0.351. The summed E-state index contributed by atoms with van der Waals surface area (Å²) in [5, 5.41) is 2.65. The lowest BCUT2D eigenvalue weighted by Crippen LogP contribution is -2.20. The van der Waals surface area contributed by atoms with E-state index in [0.717, 1.165) is 3.57 Å². The third-order valence-corrected chi connectivity index (χ3v) is 3.53. The molecule has 2 rings (SSSR count). The molecule has 0 aliphatic carbocycles. The number of nitrogens with one attached hydrogen (secondary N) is 1. The summed E-state index contributed by atoms with van der Waals surface area (Å²) in [5.74, 6) is -0.512. The van der Waals surface area contributed by atoms with Gasteiger partial charge in [-0.3, -0.25) is 4.79 Å². The number of benzene rings is 1. The van der Waals surface area contributed by atoms with E-state index in [4.69, 9.17) is 9.15 Å². The Hall–Kier alpha value is -1.61. The third-order valence-electron chi connectivity index (χ3n) is 2.43. The van der Waals surface area contributed by atoms with Gasteiger partial charge in [-0.25, -0.2) is 4.79 Å². The Labute approximate surface area is 149 Å². The number of rotatable bonds is 5. The molecular weight excluding hydrogens is 465 g/mol. The molecule has 114 valence electrons. The summed E-state index contributed by atoms with van der Waals surface area (Å²) < 4.78 is 11.6. The normalized spacial score (nSPS) is 10.6. The second-order valence-electron chi connectivity index (χ2n) is 4.14. The largest absolute Gasteiger partial charge is 0.452 e. The predicted octanol–water partition coefficient (Wildman–Crippen LogP) is 3.84. The first-order valence-electron chi connectivity index (χ1n) is 6.18. The lowest BCUT2D eigenvalue weighted by atomic mass is 10.3. The van der Waals surface area contributed by atoms with Crippen LogP contribution in [0.3, 0.4) is 0 Å². The summed E-state index contributed by atoms with van der Waals surface area (Å²) in [6.07, 6.45) is 2.66. The van der Waals surface area contributed by atoms with E-state index in [9.17, 15) is 9.59 Å². The van der Waals surface area contributed by atoms with E-state index >= 15 is 0 Å². The number of carbonyl (C=O) groups is 2. The van der Waals surface area contributed by atoms with Crippen molar-refractivity contribution in [3.05, 3.63) is 56.5 Å². The van der Waals surface area contributed by atoms with E-state index in [2.05, 4.69) is 43.8 Å².